The molecular weight excluding hydrogens is 270 g/mol. The molecule has 110 valence electrons. The second-order valence-corrected chi connectivity index (χ2v) is 4.83. The number of ether oxygens (including phenoxy) is 2. The minimum atomic E-state index is -0.450. The summed E-state index contributed by atoms with van der Waals surface area (Å²) in [6.07, 6.45) is -0.0365. The first-order valence-electron chi connectivity index (χ1n) is 6.68. The Bertz CT molecular complexity index is 611. The highest BCUT2D eigenvalue weighted by Crippen LogP contribution is 2.32. The molecule has 0 amide bonds. The van der Waals surface area contributed by atoms with Crippen molar-refractivity contribution in [2.45, 2.75) is 26.6 Å². The lowest BCUT2D eigenvalue weighted by Crippen LogP contribution is -2.07. The van der Waals surface area contributed by atoms with Gasteiger partial charge in [-0.25, -0.2) is 0 Å². The molecule has 0 atom stereocenters. The van der Waals surface area contributed by atoms with Crippen LogP contribution in [0.25, 0.3) is 0 Å². The molecule has 0 aliphatic rings. The Morgan fingerprint density at radius 1 is 1.10 bits per heavy atom. The summed E-state index contributed by atoms with van der Waals surface area (Å²) in [4.78, 5) is 10.4. The van der Waals surface area contributed by atoms with Crippen molar-refractivity contribution in [3.63, 3.8) is 0 Å². The monoisotopic (exact) mass is 287 g/mol. The average Bonchev–Trinajstić information content (AvgIpc) is 2.46. The molecule has 2 aromatic carbocycles. The maximum absolute atomic E-state index is 10.9. The van der Waals surface area contributed by atoms with Gasteiger partial charge >= 0.3 is 0 Å². The standard InChI is InChI=1S/C16H17NO4/c1-12(2)21-15-9-8-14(17(18)19)10-16(15)20-11-13-6-4-3-5-7-13/h3-10,12H,11H2,1-2H3. The summed E-state index contributed by atoms with van der Waals surface area (Å²) >= 11 is 0. The van der Waals surface area contributed by atoms with E-state index >= 15 is 0 Å². The van der Waals surface area contributed by atoms with Gasteiger partial charge in [-0.1, -0.05) is 30.3 Å². The molecule has 0 bridgehead atoms. The first-order chi connectivity index (χ1) is 10.1. The van der Waals surface area contributed by atoms with Crippen LogP contribution >= 0.6 is 0 Å². The number of rotatable bonds is 6. The van der Waals surface area contributed by atoms with Crippen LogP contribution in [0.1, 0.15) is 19.4 Å². The van der Waals surface area contributed by atoms with Crippen molar-refractivity contribution in [1.29, 1.82) is 0 Å². The number of nitro benzene ring substituents is 1. The predicted octanol–water partition coefficient (Wildman–Crippen LogP) is 3.96. The number of nitro groups is 1. The third-order valence-corrected chi connectivity index (χ3v) is 2.74. The zero-order valence-corrected chi connectivity index (χ0v) is 12.0. The van der Waals surface area contributed by atoms with Crippen LogP contribution in [-0.2, 0) is 6.61 Å². The molecule has 0 aliphatic carbocycles. The highest BCUT2D eigenvalue weighted by atomic mass is 16.6. The molecule has 0 fully saturated rings. The Balaban J connectivity index is 2.21. The maximum atomic E-state index is 10.9. The number of hydrogen-bond donors (Lipinski definition) is 0. The summed E-state index contributed by atoms with van der Waals surface area (Å²) < 4.78 is 11.3. The van der Waals surface area contributed by atoms with Gasteiger partial charge in [-0.05, 0) is 25.5 Å². The van der Waals surface area contributed by atoms with Gasteiger partial charge in [0.15, 0.2) is 11.5 Å². The van der Waals surface area contributed by atoms with Crippen LogP contribution in [0.5, 0.6) is 11.5 Å². The molecule has 2 aromatic rings. The fourth-order valence-electron chi connectivity index (χ4n) is 1.81. The highest BCUT2D eigenvalue weighted by molar-refractivity contribution is 5.48. The summed E-state index contributed by atoms with van der Waals surface area (Å²) in [7, 11) is 0. The molecule has 0 N–H and O–H groups in total. The lowest BCUT2D eigenvalue weighted by Gasteiger charge is -2.14. The molecule has 0 unspecified atom stereocenters. The SMILES string of the molecule is CC(C)Oc1ccc([N+](=O)[O-])cc1OCc1ccccc1. The second-order valence-electron chi connectivity index (χ2n) is 4.83. The number of nitrogens with zero attached hydrogens (tertiary/aromatic N) is 1. The molecule has 0 saturated heterocycles. The van der Waals surface area contributed by atoms with E-state index < -0.39 is 4.92 Å². The maximum Gasteiger partial charge on any atom is 0.273 e. The molecular formula is C16H17NO4. The summed E-state index contributed by atoms with van der Waals surface area (Å²) in [5, 5.41) is 10.9. The van der Waals surface area contributed by atoms with E-state index in [-0.39, 0.29) is 11.8 Å². The van der Waals surface area contributed by atoms with Crippen molar-refractivity contribution in [3.8, 4) is 11.5 Å². The minimum Gasteiger partial charge on any atom is -0.487 e. The van der Waals surface area contributed by atoms with Crippen LogP contribution in [0.4, 0.5) is 5.69 Å². The Hall–Kier alpha value is -2.56. The molecule has 0 aromatic heterocycles. The Morgan fingerprint density at radius 3 is 2.43 bits per heavy atom. The first-order valence-corrected chi connectivity index (χ1v) is 6.68. The quantitative estimate of drug-likeness (QED) is 0.596. The normalized spacial score (nSPS) is 10.4. The van der Waals surface area contributed by atoms with Gasteiger partial charge in [0.25, 0.3) is 5.69 Å². The van der Waals surface area contributed by atoms with Crippen LogP contribution in [0.2, 0.25) is 0 Å². The lowest BCUT2D eigenvalue weighted by atomic mass is 10.2. The number of benzene rings is 2. The Kier molecular flexibility index (Phi) is 4.77. The van der Waals surface area contributed by atoms with Crippen LogP contribution < -0.4 is 9.47 Å². The number of hydrogen-bond acceptors (Lipinski definition) is 4. The first kappa shape index (κ1) is 14.8. The smallest absolute Gasteiger partial charge is 0.273 e. The third kappa shape index (κ3) is 4.21. The largest absolute Gasteiger partial charge is 0.487 e. The Morgan fingerprint density at radius 2 is 1.81 bits per heavy atom. The van der Waals surface area contributed by atoms with Crippen molar-refractivity contribution in [2.24, 2.45) is 0 Å². The summed E-state index contributed by atoms with van der Waals surface area (Å²) in [5.74, 6) is 0.883. The van der Waals surface area contributed by atoms with E-state index in [2.05, 4.69) is 0 Å². The van der Waals surface area contributed by atoms with Gasteiger partial charge in [0.2, 0.25) is 0 Å². The minimum absolute atomic E-state index is 0.0193. The van der Waals surface area contributed by atoms with Gasteiger partial charge < -0.3 is 9.47 Å². The summed E-state index contributed by atoms with van der Waals surface area (Å²) in [6.45, 7) is 4.11. The van der Waals surface area contributed by atoms with Crippen molar-refractivity contribution in [1.82, 2.24) is 0 Å². The van der Waals surface area contributed by atoms with E-state index in [0.29, 0.717) is 18.1 Å². The van der Waals surface area contributed by atoms with E-state index in [4.69, 9.17) is 9.47 Å². The zero-order chi connectivity index (χ0) is 15.2. The highest BCUT2D eigenvalue weighted by Gasteiger charge is 2.14. The Labute approximate surface area is 123 Å². The summed E-state index contributed by atoms with van der Waals surface area (Å²) in [6, 6.07) is 14.0. The molecule has 5 nitrogen and oxygen atoms in total. The predicted molar refractivity (Wildman–Crippen MR) is 79.6 cm³/mol. The van der Waals surface area contributed by atoms with Crippen molar-refractivity contribution in [2.75, 3.05) is 0 Å². The molecule has 0 radical (unpaired) electrons. The molecule has 21 heavy (non-hydrogen) atoms. The van der Waals surface area contributed by atoms with E-state index in [1.54, 1.807) is 6.07 Å². The molecule has 5 heteroatoms. The second kappa shape index (κ2) is 6.74. The van der Waals surface area contributed by atoms with Crippen LogP contribution in [0.15, 0.2) is 48.5 Å². The van der Waals surface area contributed by atoms with E-state index in [1.807, 2.05) is 44.2 Å². The lowest BCUT2D eigenvalue weighted by molar-refractivity contribution is -0.385. The molecule has 0 heterocycles. The molecule has 0 saturated carbocycles. The topological polar surface area (TPSA) is 61.6 Å². The average molecular weight is 287 g/mol. The van der Waals surface area contributed by atoms with Crippen LogP contribution in [0, 0.1) is 10.1 Å². The van der Waals surface area contributed by atoms with Gasteiger partial charge in [-0.15, -0.1) is 0 Å². The summed E-state index contributed by atoms with van der Waals surface area (Å²) in [5.41, 5.74) is 0.966. The van der Waals surface area contributed by atoms with Gasteiger partial charge in [-0.2, -0.15) is 0 Å². The van der Waals surface area contributed by atoms with Crippen molar-refractivity contribution < 1.29 is 14.4 Å². The molecule has 0 spiro atoms. The van der Waals surface area contributed by atoms with Crippen molar-refractivity contribution >= 4 is 5.69 Å². The fourth-order valence-corrected chi connectivity index (χ4v) is 1.81. The third-order valence-electron chi connectivity index (χ3n) is 2.74. The fraction of sp³-hybridized carbons (Fsp3) is 0.250. The van der Waals surface area contributed by atoms with Gasteiger partial charge in [-0.3, -0.25) is 10.1 Å². The van der Waals surface area contributed by atoms with E-state index in [0.717, 1.165) is 5.56 Å². The van der Waals surface area contributed by atoms with Crippen molar-refractivity contribution in [3.05, 3.63) is 64.2 Å². The molecule has 2 rings (SSSR count). The molecule has 0 aliphatic heterocycles. The van der Waals surface area contributed by atoms with E-state index in [9.17, 15) is 10.1 Å². The van der Waals surface area contributed by atoms with Gasteiger partial charge in [0.1, 0.15) is 6.61 Å². The van der Waals surface area contributed by atoms with E-state index in [1.165, 1.54) is 12.1 Å². The van der Waals surface area contributed by atoms with Gasteiger partial charge in [0, 0.05) is 6.07 Å². The van der Waals surface area contributed by atoms with Crippen LogP contribution in [-0.4, -0.2) is 11.0 Å². The van der Waals surface area contributed by atoms with Crippen LogP contribution in [0.3, 0.4) is 0 Å². The van der Waals surface area contributed by atoms with Gasteiger partial charge in [0.05, 0.1) is 17.1 Å². The zero-order valence-electron chi connectivity index (χ0n) is 12.0. The number of non-ortho nitro benzene ring substituents is 1.